The first-order valence-corrected chi connectivity index (χ1v) is 7.83. The van der Waals surface area contributed by atoms with Crippen LogP contribution in [0, 0.1) is 0 Å². The van der Waals surface area contributed by atoms with Crippen LogP contribution in [-0.2, 0) is 0 Å². The van der Waals surface area contributed by atoms with E-state index in [0.29, 0.717) is 17.1 Å². The lowest BCUT2D eigenvalue weighted by atomic mass is 10.0. The van der Waals surface area contributed by atoms with Crippen LogP contribution in [0.15, 0.2) is 48.5 Å². The molecule has 1 fully saturated rings. The molecule has 0 radical (unpaired) electrons. The molecule has 0 saturated carbocycles. The molecule has 2 aromatic carbocycles. The molecule has 4 nitrogen and oxygen atoms in total. The summed E-state index contributed by atoms with van der Waals surface area (Å²) in [6.45, 7) is 0.750. The summed E-state index contributed by atoms with van der Waals surface area (Å²) in [5.74, 6) is 1.06. The highest BCUT2D eigenvalue weighted by atomic mass is 16.5. The van der Waals surface area contributed by atoms with Crippen molar-refractivity contribution in [2.24, 2.45) is 0 Å². The summed E-state index contributed by atoms with van der Waals surface area (Å²) in [6, 6.07) is 15.7. The molecule has 1 aliphatic rings. The van der Waals surface area contributed by atoms with Gasteiger partial charge in [0.25, 0.3) is 5.91 Å². The molecule has 1 heterocycles. The van der Waals surface area contributed by atoms with Crippen molar-refractivity contribution >= 4 is 5.91 Å². The molecule has 1 unspecified atom stereocenters. The highest BCUT2D eigenvalue weighted by molar-refractivity contribution is 6.00. The van der Waals surface area contributed by atoms with E-state index in [1.54, 1.807) is 26.4 Å². The number of methoxy groups -OCH3 is 2. The largest absolute Gasteiger partial charge is 0.496 e. The molecule has 1 aliphatic heterocycles. The molecule has 0 aromatic heterocycles. The number of nitrogens with zero attached hydrogens (tertiary/aromatic N) is 1. The Kier molecular flexibility index (Phi) is 4.51. The Morgan fingerprint density at radius 2 is 1.65 bits per heavy atom. The van der Waals surface area contributed by atoms with Crippen LogP contribution in [-0.4, -0.2) is 31.6 Å². The zero-order valence-corrected chi connectivity index (χ0v) is 13.5. The van der Waals surface area contributed by atoms with Crippen molar-refractivity contribution in [2.75, 3.05) is 20.8 Å². The summed E-state index contributed by atoms with van der Waals surface area (Å²) < 4.78 is 10.8. The van der Waals surface area contributed by atoms with Gasteiger partial charge in [-0.25, -0.2) is 0 Å². The normalized spacial score (nSPS) is 17.1. The summed E-state index contributed by atoms with van der Waals surface area (Å²) in [4.78, 5) is 15.1. The predicted molar refractivity (Wildman–Crippen MR) is 89.0 cm³/mol. The molecule has 2 aromatic rings. The molecular formula is C19H21NO3. The van der Waals surface area contributed by atoms with E-state index >= 15 is 0 Å². The average Bonchev–Trinajstić information content (AvgIpc) is 3.10. The topological polar surface area (TPSA) is 38.8 Å². The molecule has 0 aliphatic carbocycles. The lowest BCUT2D eigenvalue weighted by molar-refractivity contribution is 0.0728. The average molecular weight is 311 g/mol. The Morgan fingerprint density at radius 1 is 1.00 bits per heavy atom. The molecule has 1 atom stereocenters. The van der Waals surface area contributed by atoms with Crippen molar-refractivity contribution in [3.8, 4) is 11.5 Å². The number of rotatable bonds is 4. The van der Waals surface area contributed by atoms with Gasteiger partial charge in [-0.2, -0.15) is 0 Å². The number of ether oxygens (including phenoxy) is 2. The summed E-state index contributed by atoms with van der Waals surface area (Å²) in [5, 5.41) is 0. The number of likely N-dealkylation sites (tertiary alicyclic amines) is 1. The van der Waals surface area contributed by atoms with Gasteiger partial charge < -0.3 is 14.4 Å². The Balaban J connectivity index is 1.97. The Morgan fingerprint density at radius 3 is 2.26 bits per heavy atom. The number of benzene rings is 2. The van der Waals surface area contributed by atoms with Crippen molar-refractivity contribution in [3.63, 3.8) is 0 Å². The van der Waals surface area contributed by atoms with Crippen LogP contribution in [0.4, 0.5) is 0 Å². The van der Waals surface area contributed by atoms with Gasteiger partial charge in [0.1, 0.15) is 17.1 Å². The van der Waals surface area contributed by atoms with Gasteiger partial charge in [0.2, 0.25) is 0 Å². The molecule has 3 rings (SSSR count). The van der Waals surface area contributed by atoms with Gasteiger partial charge in [0.05, 0.1) is 20.3 Å². The third-order valence-electron chi connectivity index (χ3n) is 4.34. The van der Waals surface area contributed by atoms with Gasteiger partial charge in [-0.05, 0) is 30.5 Å². The second-order valence-corrected chi connectivity index (χ2v) is 5.60. The molecular weight excluding hydrogens is 290 g/mol. The molecule has 0 N–H and O–H groups in total. The van der Waals surface area contributed by atoms with Gasteiger partial charge in [-0.15, -0.1) is 0 Å². The van der Waals surface area contributed by atoms with E-state index in [1.165, 1.54) is 5.56 Å². The van der Waals surface area contributed by atoms with E-state index in [2.05, 4.69) is 12.1 Å². The smallest absolute Gasteiger partial charge is 0.261 e. The summed E-state index contributed by atoms with van der Waals surface area (Å²) in [6.07, 6.45) is 1.98. The maximum atomic E-state index is 13.2. The van der Waals surface area contributed by atoms with Gasteiger partial charge in [0, 0.05) is 6.54 Å². The van der Waals surface area contributed by atoms with Crippen LogP contribution in [0.25, 0.3) is 0 Å². The molecule has 0 spiro atoms. The Labute approximate surface area is 136 Å². The van der Waals surface area contributed by atoms with Crippen LogP contribution in [0.5, 0.6) is 11.5 Å². The molecule has 1 saturated heterocycles. The molecule has 4 heteroatoms. The fourth-order valence-electron chi connectivity index (χ4n) is 3.24. The van der Waals surface area contributed by atoms with Gasteiger partial charge in [0.15, 0.2) is 0 Å². The van der Waals surface area contributed by atoms with Crippen LogP contribution < -0.4 is 9.47 Å². The maximum Gasteiger partial charge on any atom is 0.261 e. The van der Waals surface area contributed by atoms with E-state index < -0.39 is 0 Å². The zero-order chi connectivity index (χ0) is 16.2. The maximum absolute atomic E-state index is 13.2. The second kappa shape index (κ2) is 6.73. The third kappa shape index (κ3) is 2.89. The minimum absolute atomic E-state index is 0.0364. The van der Waals surface area contributed by atoms with Crippen LogP contribution in [0.1, 0.15) is 34.8 Å². The van der Waals surface area contributed by atoms with E-state index in [0.717, 1.165) is 19.4 Å². The van der Waals surface area contributed by atoms with E-state index in [4.69, 9.17) is 9.47 Å². The first-order valence-electron chi connectivity index (χ1n) is 7.83. The fraction of sp³-hybridized carbons (Fsp3) is 0.316. The first kappa shape index (κ1) is 15.4. The molecule has 0 bridgehead atoms. The summed E-state index contributed by atoms with van der Waals surface area (Å²) >= 11 is 0. The van der Waals surface area contributed by atoms with Crippen LogP contribution >= 0.6 is 0 Å². The molecule has 1 amide bonds. The second-order valence-electron chi connectivity index (χ2n) is 5.60. The highest BCUT2D eigenvalue weighted by Crippen LogP contribution is 2.37. The standard InChI is InChI=1S/C19H21NO3/c1-22-16-11-6-12-17(23-2)18(16)19(21)20-13-7-10-15(20)14-8-4-3-5-9-14/h3-6,8-9,11-12,15H,7,10,13H2,1-2H3. The molecule has 23 heavy (non-hydrogen) atoms. The van der Waals surface area contributed by atoms with E-state index in [-0.39, 0.29) is 11.9 Å². The minimum atomic E-state index is -0.0364. The third-order valence-corrected chi connectivity index (χ3v) is 4.34. The van der Waals surface area contributed by atoms with Crippen LogP contribution in [0.2, 0.25) is 0 Å². The molecule has 120 valence electrons. The number of hydrogen-bond acceptors (Lipinski definition) is 3. The lowest BCUT2D eigenvalue weighted by Gasteiger charge is -2.26. The summed E-state index contributed by atoms with van der Waals surface area (Å²) in [5.41, 5.74) is 1.67. The number of amides is 1. The highest BCUT2D eigenvalue weighted by Gasteiger charge is 2.33. The van der Waals surface area contributed by atoms with Crippen molar-refractivity contribution in [1.82, 2.24) is 4.90 Å². The predicted octanol–water partition coefficient (Wildman–Crippen LogP) is 3.68. The number of hydrogen-bond donors (Lipinski definition) is 0. The Bertz CT molecular complexity index is 662. The number of carbonyl (C=O) groups excluding carboxylic acids is 1. The van der Waals surface area contributed by atoms with Crippen molar-refractivity contribution in [1.29, 1.82) is 0 Å². The summed E-state index contributed by atoms with van der Waals surface area (Å²) in [7, 11) is 3.15. The van der Waals surface area contributed by atoms with Gasteiger partial charge in [-0.1, -0.05) is 36.4 Å². The van der Waals surface area contributed by atoms with Crippen molar-refractivity contribution < 1.29 is 14.3 Å². The number of carbonyl (C=O) groups is 1. The quantitative estimate of drug-likeness (QED) is 0.864. The fourth-order valence-corrected chi connectivity index (χ4v) is 3.24. The van der Waals surface area contributed by atoms with Crippen LogP contribution in [0.3, 0.4) is 0 Å². The zero-order valence-electron chi connectivity index (χ0n) is 13.5. The van der Waals surface area contributed by atoms with Gasteiger partial charge >= 0.3 is 0 Å². The van der Waals surface area contributed by atoms with E-state index in [9.17, 15) is 4.79 Å². The monoisotopic (exact) mass is 311 g/mol. The van der Waals surface area contributed by atoms with E-state index in [1.807, 2.05) is 29.2 Å². The van der Waals surface area contributed by atoms with Gasteiger partial charge in [-0.3, -0.25) is 4.79 Å². The first-order chi connectivity index (χ1) is 11.3. The minimum Gasteiger partial charge on any atom is -0.496 e. The van der Waals surface area contributed by atoms with Crippen molar-refractivity contribution in [2.45, 2.75) is 18.9 Å². The van der Waals surface area contributed by atoms with Crippen molar-refractivity contribution in [3.05, 3.63) is 59.7 Å². The SMILES string of the molecule is COc1cccc(OC)c1C(=O)N1CCCC1c1ccccc1. The lowest BCUT2D eigenvalue weighted by Crippen LogP contribution is -2.31. The Hall–Kier alpha value is -2.49.